The number of halogens is 1. The summed E-state index contributed by atoms with van der Waals surface area (Å²) in [7, 11) is 1.60. The largest absolute Gasteiger partial charge is 0.495 e. The van der Waals surface area contributed by atoms with Gasteiger partial charge in [0.2, 0.25) is 0 Å². The van der Waals surface area contributed by atoms with Crippen molar-refractivity contribution in [1.29, 1.82) is 0 Å². The molecule has 1 fully saturated rings. The number of ether oxygens (including phenoxy) is 2. The fourth-order valence-corrected chi connectivity index (χ4v) is 1.65. The van der Waals surface area contributed by atoms with Crippen molar-refractivity contribution in [3.8, 4) is 11.5 Å². The molecule has 0 aromatic heterocycles. The van der Waals surface area contributed by atoms with Crippen molar-refractivity contribution in [2.75, 3.05) is 7.11 Å². The van der Waals surface area contributed by atoms with Crippen molar-refractivity contribution >= 4 is 11.6 Å². The Morgan fingerprint density at radius 2 is 2.14 bits per heavy atom. The molecule has 0 saturated heterocycles. The molecule has 0 amide bonds. The Labute approximate surface area is 88.8 Å². The molecule has 1 aliphatic carbocycles. The second-order valence-electron chi connectivity index (χ2n) is 3.47. The van der Waals surface area contributed by atoms with Gasteiger partial charge in [0, 0.05) is 6.07 Å². The molecule has 0 bridgehead atoms. The summed E-state index contributed by atoms with van der Waals surface area (Å²) in [5, 5.41) is 0.601. The van der Waals surface area contributed by atoms with Crippen LogP contribution in [0.2, 0.25) is 5.02 Å². The summed E-state index contributed by atoms with van der Waals surface area (Å²) in [4.78, 5) is 0. The van der Waals surface area contributed by atoms with Crippen molar-refractivity contribution in [2.24, 2.45) is 0 Å². The topological polar surface area (TPSA) is 18.5 Å². The number of rotatable bonds is 3. The summed E-state index contributed by atoms with van der Waals surface area (Å²) in [6.45, 7) is 0. The predicted octanol–water partition coefficient (Wildman–Crippen LogP) is 3.28. The van der Waals surface area contributed by atoms with E-state index in [1.165, 1.54) is 6.42 Å². The third kappa shape index (κ3) is 1.95. The minimum Gasteiger partial charge on any atom is -0.495 e. The molecule has 0 radical (unpaired) electrons. The summed E-state index contributed by atoms with van der Waals surface area (Å²) < 4.78 is 10.7. The van der Waals surface area contributed by atoms with Gasteiger partial charge in [0.1, 0.15) is 11.5 Å². The van der Waals surface area contributed by atoms with Crippen LogP contribution in [-0.4, -0.2) is 13.2 Å². The molecule has 76 valence electrons. The minimum atomic E-state index is 0.388. The highest BCUT2D eigenvalue weighted by molar-refractivity contribution is 6.32. The number of hydrogen-bond donors (Lipinski definition) is 0. The first-order valence-corrected chi connectivity index (χ1v) is 5.17. The minimum absolute atomic E-state index is 0.388. The van der Waals surface area contributed by atoms with E-state index in [1.807, 2.05) is 12.1 Å². The van der Waals surface area contributed by atoms with Crippen LogP contribution < -0.4 is 9.47 Å². The van der Waals surface area contributed by atoms with Crippen molar-refractivity contribution in [3.63, 3.8) is 0 Å². The molecule has 2 nitrogen and oxygen atoms in total. The Hall–Kier alpha value is -0.890. The van der Waals surface area contributed by atoms with Crippen LogP contribution >= 0.6 is 11.6 Å². The summed E-state index contributed by atoms with van der Waals surface area (Å²) in [6, 6.07) is 5.53. The molecule has 0 heterocycles. The first-order valence-electron chi connectivity index (χ1n) is 4.80. The van der Waals surface area contributed by atoms with Crippen LogP contribution in [0.3, 0.4) is 0 Å². The van der Waals surface area contributed by atoms with Crippen LogP contribution in [0.1, 0.15) is 19.3 Å². The standard InChI is InChI=1S/C11H13ClO2/c1-13-11-6-5-9(7-10(11)12)14-8-3-2-4-8/h5-8H,2-4H2,1H3. The van der Waals surface area contributed by atoms with Crippen LogP contribution in [0.4, 0.5) is 0 Å². The van der Waals surface area contributed by atoms with Gasteiger partial charge in [0.05, 0.1) is 18.2 Å². The van der Waals surface area contributed by atoms with Crippen LogP contribution in [0.5, 0.6) is 11.5 Å². The molecule has 3 heteroatoms. The molecule has 0 unspecified atom stereocenters. The first kappa shape index (κ1) is 9.66. The van der Waals surface area contributed by atoms with Crippen LogP contribution in [0.25, 0.3) is 0 Å². The van der Waals surface area contributed by atoms with Gasteiger partial charge >= 0.3 is 0 Å². The second kappa shape index (κ2) is 4.09. The lowest BCUT2D eigenvalue weighted by atomic mass is 9.96. The van der Waals surface area contributed by atoms with Gasteiger partial charge in [0.25, 0.3) is 0 Å². The van der Waals surface area contributed by atoms with E-state index in [9.17, 15) is 0 Å². The van der Waals surface area contributed by atoms with Crippen molar-refractivity contribution in [1.82, 2.24) is 0 Å². The van der Waals surface area contributed by atoms with Crippen LogP contribution in [0.15, 0.2) is 18.2 Å². The summed E-state index contributed by atoms with van der Waals surface area (Å²) in [6.07, 6.45) is 3.97. The molecule has 1 saturated carbocycles. The van der Waals surface area contributed by atoms with Crippen molar-refractivity contribution in [3.05, 3.63) is 23.2 Å². The first-order chi connectivity index (χ1) is 6.79. The van der Waals surface area contributed by atoms with Gasteiger partial charge in [-0.15, -0.1) is 0 Å². The zero-order valence-electron chi connectivity index (χ0n) is 8.13. The predicted molar refractivity (Wildman–Crippen MR) is 56.3 cm³/mol. The molecule has 0 atom stereocenters. The summed E-state index contributed by atoms with van der Waals surface area (Å²) in [5.41, 5.74) is 0. The Morgan fingerprint density at radius 3 is 2.64 bits per heavy atom. The van der Waals surface area contributed by atoms with E-state index in [-0.39, 0.29) is 0 Å². The maximum absolute atomic E-state index is 5.97. The van der Waals surface area contributed by atoms with Crippen molar-refractivity contribution in [2.45, 2.75) is 25.4 Å². The molecule has 0 spiro atoms. The Balaban J connectivity index is 2.07. The van der Waals surface area contributed by atoms with E-state index in [0.717, 1.165) is 18.6 Å². The quantitative estimate of drug-likeness (QED) is 0.766. The molecular formula is C11H13ClO2. The molecule has 0 aliphatic heterocycles. The highest BCUT2D eigenvalue weighted by atomic mass is 35.5. The Kier molecular flexibility index (Phi) is 2.82. The normalized spacial score (nSPS) is 16.1. The molecule has 14 heavy (non-hydrogen) atoms. The van der Waals surface area contributed by atoms with Crippen LogP contribution in [0, 0.1) is 0 Å². The highest BCUT2D eigenvalue weighted by Crippen LogP contribution is 2.31. The molecular weight excluding hydrogens is 200 g/mol. The third-order valence-electron chi connectivity index (χ3n) is 2.48. The lowest BCUT2D eigenvalue weighted by Gasteiger charge is -2.26. The maximum Gasteiger partial charge on any atom is 0.137 e. The number of benzene rings is 1. The third-order valence-corrected chi connectivity index (χ3v) is 2.77. The fraction of sp³-hybridized carbons (Fsp3) is 0.455. The van der Waals surface area contributed by atoms with E-state index in [4.69, 9.17) is 21.1 Å². The highest BCUT2D eigenvalue weighted by Gasteiger charge is 2.19. The average Bonchev–Trinajstić information content (AvgIpc) is 2.12. The molecule has 1 aromatic rings. The Morgan fingerprint density at radius 1 is 1.36 bits per heavy atom. The van der Waals surface area contributed by atoms with Crippen LogP contribution in [-0.2, 0) is 0 Å². The second-order valence-corrected chi connectivity index (χ2v) is 3.87. The fourth-order valence-electron chi connectivity index (χ4n) is 1.40. The van der Waals surface area contributed by atoms with Gasteiger partial charge < -0.3 is 9.47 Å². The van der Waals surface area contributed by atoms with E-state index in [1.54, 1.807) is 13.2 Å². The maximum atomic E-state index is 5.97. The van der Waals surface area contributed by atoms with E-state index < -0.39 is 0 Å². The smallest absolute Gasteiger partial charge is 0.137 e. The van der Waals surface area contributed by atoms with Gasteiger partial charge in [-0.3, -0.25) is 0 Å². The van der Waals surface area contributed by atoms with E-state index >= 15 is 0 Å². The Bertz CT molecular complexity index is 321. The zero-order valence-corrected chi connectivity index (χ0v) is 8.88. The SMILES string of the molecule is COc1ccc(OC2CCC2)cc1Cl. The molecule has 1 aromatic carbocycles. The zero-order chi connectivity index (χ0) is 9.97. The number of methoxy groups -OCH3 is 1. The van der Waals surface area contributed by atoms with E-state index in [0.29, 0.717) is 16.9 Å². The molecule has 2 rings (SSSR count). The average molecular weight is 213 g/mol. The van der Waals surface area contributed by atoms with Crippen molar-refractivity contribution < 1.29 is 9.47 Å². The monoisotopic (exact) mass is 212 g/mol. The lowest BCUT2D eigenvalue weighted by molar-refractivity contribution is 0.120. The van der Waals surface area contributed by atoms with Gasteiger partial charge in [-0.25, -0.2) is 0 Å². The molecule has 1 aliphatic rings. The van der Waals surface area contributed by atoms with Gasteiger partial charge in [-0.1, -0.05) is 11.6 Å². The van der Waals surface area contributed by atoms with Gasteiger partial charge in [0.15, 0.2) is 0 Å². The van der Waals surface area contributed by atoms with E-state index in [2.05, 4.69) is 0 Å². The van der Waals surface area contributed by atoms with Gasteiger partial charge in [-0.2, -0.15) is 0 Å². The molecule has 0 N–H and O–H groups in total. The number of hydrogen-bond acceptors (Lipinski definition) is 2. The van der Waals surface area contributed by atoms with Gasteiger partial charge in [-0.05, 0) is 31.4 Å². The lowest BCUT2D eigenvalue weighted by Crippen LogP contribution is -2.24. The summed E-state index contributed by atoms with van der Waals surface area (Å²) >= 11 is 5.97. The summed E-state index contributed by atoms with van der Waals surface area (Å²) in [5.74, 6) is 1.52.